The van der Waals surface area contributed by atoms with Crippen LogP contribution in [-0.2, 0) is 0 Å². The van der Waals surface area contributed by atoms with Crippen LogP contribution in [0.1, 0.15) is 16.7 Å². The van der Waals surface area contributed by atoms with Gasteiger partial charge in [0.1, 0.15) is 11.5 Å². The Morgan fingerprint density at radius 3 is 2.05 bits per heavy atom. The van der Waals surface area contributed by atoms with Crippen molar-refractivity contribution in [3.63, 3.8) is 0 Å². The van der Waals surface area contributed by atoms with Crippen molar-refractivity contribution in [2.75, 3.05) is 0 Å². The fourth-order valence-corrected chi connectivity index (χ4v) is 4.06. The second kappa shape index (κ2) is 5.03. The van der Waals surface area contributed by atoms with Crippen molar-refractivity contribution >= 4 is 46.6 Å². The summed E-state index contributed by atoms with van der Waals surface area (Å²) in [6.07, 6.45) is 0. The zero-order chi connectivity index (χ0) is 14.6. The minimum Gasteiger partial charge on any atom is -0.455 e. The van der Waals surface area contributed by atoms with Gasteiger partial charge in [-0.15, -0.1) is 0 Å². The van der Waals surface area contributed by atoms with Gasteiger partial charge in [-0.2, -0.15) is 0 Å². The maximum Gasteiger partial charge on any atom is 0.144 e. The zero-order valence-electron chi connectivity index (χ0n) is 11.1. The molecule has 0 saturated carbocycles. The summed E-state index contributed by atoms with van der Waals surface area (Å²) in [4.78, 5) is 1.78. The number of aryl methyl sites for hydroxylation is 1. The van der Waals surface area contributed by atoms with E-state index in [-0.39, 0.29) is 0 Å². The predicted octanol–water partition coefficient (Wildman–Crippen LogP) is 6.83. The van der Waals surface area contributed by atoms with Gasteiger partial charge in [0.2, 0.25) is 0 Å². The first-order valence-corrected chi connectivity index (χ1v) is 7.99. The molecule has 3 rings (SSSR count). The van der Waals surface area contributed by atoms with Gasteiger partial charge in [0.25, 0.3) is 0 Å². The van der Waals surface area contributed by atoms with Gasteiger partial charge >= 0.3 is 0 Å². The Morgan fingerprint density at radius 1 is 0.850 bits per heavy atom. The third kappa shape index (κ3) is 2.10. The number of rotatable bonds is 0. The molecule has 0 unspecified atom stereocenters. The van der Waals surface area contributed by atoms with Crippen molar-refractivity contribution in [2.45, 2.75) is 30.6 Å². The molecule has 0 fully saturated rings. The summed E-state index contributed by atoms with van der Waals surface area (Å²) < 4.78 is 5.94. The number of fused-ring (bicyclic) bond motifs is 2. The molecule has 0 N–H and O–H groups in total. The van der Waals surface area contributed by atoms with E-state index in [1.54, 1.807) is 6.07 Å². The summed E-state index contributed by atoms with van der Waals surface area (Å²) in [6, 6.07) is 3.80. The summed E-state index contributed by atoms with van der Waals surface area (Å²) in [7, 11) is 0. The third-order valence-electron chi connectivity index (χ3n) is 3.48. The van der Waals surface area contributed by atoms with E-state index in [0.717, 1.165) is 37.3 Å². The van der Waals surface area contributed by atoms with E-state index in [1.807, 2.05) is 26.8 Å². The first kappa shape index (κ1) is 14.4. The van der Waals surface area contributed by atoms with Crippen LogP contribution < -0.4 is 4.74 Å². The lowest BCUT2D eigenvalue weighted by Crippen LogP contribution is -2.00. The lowest BCUT2D eigenvalue weighted by atomic mass is 10.1. The van der Waals surface area contributed by atoms with Gasteiger partial charge in [0.15, 0.2) is 0 Å². The van der Waals surface area contributed by atoms with Crippen molar-refractivity contribution in [3.05, 3.63) is 43.9 Å². The highest BCUT2D eigenvalue weighted by molar-refractivity contribution is 7.99. The van der Waals surface area contributed by atoms with Gasteiger partial charge in [0.05, 0.1) is 19.8 Å². The minimum absolute atomic E-state index is 0.604. The van der Waals surface area contributed by atoms with Crippen LogP contribution in [0.3, 0.4) is 0 Å². The summed E-state index contributed by atoms with van der Waals surface area (Å²) in [5.74, 6) is 1.44. The lowest BCUT2D eigenvalue weighted by Gasteiger charge is -2.24. The quantitative estimate of drug-likeness (QED) is 0.441. The lowest BCUT2D eigenvalue weighted by molar-refractivity contribution is 0.454. The number of hydrogen-bond acceptors (Lipinski definition) is 2. The summed E-state index contributed by atoms with van der Waals surface area (Å²) in [5.41, 5.74) is 3.01. The molecule has 2 aromatic carbocycles. The van der Waals surface area contributed by atoms with Crippen LogP contribution in [0.25, 0.3) is 0 Å². The number of halogens is 3. The van der Waals surface area contributed by atoms with Crippen molar-refractivity contribution < 1.29 is 4.74 Å². The van der Waals surface area contributed by atoms with Crippen molar-refractivity contribution in [2.24, 2.45) is 0 Å². The SMILES string of the molecule is Cc1cc2c(c(Cl)c1C)Sc1c(cc(Cl)c(C)c1Cl)O2. The third-order valence-corrected chi connectivity index (χ3v) is 6.26. The minimum atomic E-state index is 0.604. The molecule has 2 aromatic rings. The van der Waals surface area contributed by atoms with Crippen LogP contribution in [0.4, 0.5) is 0 Å². The summed E-state index contributed by atoms with van der Waals surface area (Å²) in [5, 5.41) is 1.95. The molecular formula is C15H11Cl3OS. The highest BCUT2D eigenvalue weighted by Crippen LogP contribution is 2.54. The van der Waals surface area contributed by atoms with E-state index >= 15 is 0 Å². The van der Waals surface area contributed by atoms with Crippen LogP contribution in [0.15, 0.2) is 21.9 Å². The smallest absolute Gasteiger partial charge is 0.144 e. The van der Waals surface area contributed by atoms with Crippen LogP contribution in [-0.4, -0.2) is 0 Å². The zero-order valence-corrected chi connectivity index (χ0v) is 14.2. The molecule has 0 saturated heterocycles. The van der Waals surface area contributed by atoms with Crippen LogP contribution >= 0.6 is 46.6 Å². The molecule has 1 heterocycles. The Bertz CT molecular complexity index is 679. The largest absolute Gasteiger partial charge is 0.455 e. The van der Waals surface area contributed by atoms with Crippen molar-refractivity contribution in [3.8, 4) is 11.5 Å². The number of hydrogen-bond donors (Lipinski definition) is 0. The topological polar surface area (TPSA) is 9.23 Å². The molecular weight excluding hydrogens is 335 g/mol. The van der Waals surface area contributed by atoms with Crippen LogP contribution in [0, 0.1) is 20.8 Å². The molecule has 0 spiro atoms. The average molecular weight is 346 g/mol. The van der Waals surface area contributed by atoms with E-state index < -0.39 is 0 Å². The molecule has 104 valence electrons. The number of ether oxygens (including phenoxy) is 1. The predicted molar refractivity (Wildman–Crippen MR) is 86.3 cm³/mol. The molecule has 1 aliphatic rings. The molecule has 5 heteroatoms. The monoisotopic (exact) mass is 344 g/mol. The Kier molecular flexibility index (Phi) is 3.62. The maximum absolute atomic E-state index is 6.44. The van der Waals surface area contributed by atoms with E-state index in [2.05, 4.69) is 0 Å². The molecule has 1 nitrogen and oxygen atoms in total. The average Bonchev–Trinajstić information content (AvgIpc) is 2.41. The molecule has 1 aliphatic heterocycles. The molecule has 0 radical (unpaired) electrons. The fraction of sp³-hybridized carbons (Fsp3) is 0.200. The van der Waals surface area contributed by atoms with Gasteiger partial charge < -0.3 is 4.74 Å². The molecule has 0 aliphatic carbocycles. The van der Waals surface area contributed by atoms with Crippen molar-refractivity contribution in [1.82, 2.24) is 0 Å². The van der Waals surface area contributed by atoms with E-state index in [4.69, 9.17) is 39.5 Å². The summed E-state index contributed by atoms with van der Waals surface area (Å²) in [6.45, 7) is 5.91. The normalized spacial score (nSPS) is 12.7. The summed E-state index contributed by atoms with van der Waals surface area (Å²) >= 11 is 20.5. The van der Waals surface area contributed by atoms with Gasteiger partial charge in [-0.25, -0.2) is 0 Å². The maximum atomic E-state index is 6.44. The Labute approximate surface area is 137 Å². The Balaban J connectivity index is 2.22. The Hall–Kier alpha value is -0.540. The van der Waals surface area contributed by atoms with E-state index in [9.17, 15) is 0 Å². The first-order chi connectivity index (χ1) is 9.40. The standard InChI is InChI=1S/C15H11Cl3OS/c1-6-4-10-14(12(17)7(6)2)20-15-11(19-10)5-9(16)8(3)13(15)18/h4-5H,1-3H3. The molecule has 20 heavy (non-hydrogen) atoms. The second-order valence-electron chi connectivity index (χ2n) is 4.79. The fourth-order valence-electron chi connectivity index (χ4n) is 2.06. The highest BCUT2D eigenvalue weighted by Gasteiger charge is 2.26. The van der Waals surface area contributed by atoms with Gasteiger partial charge in [0, 0.05) is 11.1 Å². The molecule has 0 atom stereocenters. The molecule has 0 aromatic heterocycles. The van der Waals surface area contributed by atoms with E-state index in [0.29, 0.717) is 15.8 Å². The number of benzene rings is 2. The highest BCUT2D eigenvalue weighted by atomic mass is 35.5. The van der Waals surface area contributed by atoms with Crippen molar-refractivity contribution in [1.29, 1.82) is 0 Å². The Morgan fingerprint density at radius 2 is 1.40 bits per heavy atom. The van der Waals surface area contributed by atoms with Gasteiger partial charge in [-0.05, 0) is 43.5 Å². The van der Waals surface area contributed by atoms with Gasteiger partial charge in [-0.3, -0.25) is 0 Å². The molecule has 0 bridgehead atoms. The van der Waals surface area contributed by atoms with Crippen LogP contribution in [0.5, 0.6) is 11.5 Å². The van der Waals surface area contributed by atoms with E-state index in [1.165, 1.54) is 11.8 Å². The second-order valence-corrected chi connectivity index (χ2v) is 6.97. The molecule has 0 amide bonds. The van der Waals surface area contributed by atoms with Gasteiger partial charge in [-0.1, -0.05) is 46.6 Å². The first-order valence-electron chi connectivity index (χ1n) is 6.04. The van der Waals surface area contributed by atoms with Crippen LogP contribution in [0.2, 0.25) is 15.1 Å².